The van der Waals surface area contributed by atoms with E-state index in [-0.39, 0.29) is 30.9 Å². The SMILES string of the molecule is CCC(C)(C)C(=O)CNC(=O)C(CS)NC(=O)CCC(O)C(=O)O. The van der Waals surface area contributed by atoms with Crippen LogP contribution in [0.15, 0.2) is 0 Å². The topological polar surface area (TPSA) is 133 Å². The lowest BCUT2D eigenvalue weighted by Crippen LogP contribution is -2.50. The van der Waals surface area contributed by atoms with Crippen molar-refractivity contribution in [2.75, 3.05) is 12.3 Å². The maximum Gasteiger partial charge on any atom is 0.332 e. The molecule has 2 amide bonds. The van der Waals surface area contributed by atoms with E-state index in [0.717, 1.165) is 0 Å². The van der Waals surface area contributed by atoms with Crippen LogP contribution in [0.5, 0.6) is 0 Å². The van der Waals surface area contributed by atoms with Gasteiger partial charge in [-0.1, -0.05) is 20.8 Å². The first kappa shape index (κ1) is 22.4. The van der Waals surface area contributed by atoms with Crippen molar-refractivity contribution in [2.24, 2.45) is 5.41 Å². The van der Waals surface area contributed by atoms with Gasteiger partial charge in [-0.25, -0.2) is 4.79 Å². The van der Waals surface area contributed by atoms with E-state index >= 15 is 0 Å². The predicted molar refractivity (Wildman–Crippen MR) is 90.7 cm³/mol. The van der Waals surface area contributed by atoms with Gasteiger partial charge in [0.2, 0.25) is 11.8 Å². The molecule has 24 heavy (non-hydrogen) atoms. The second-order valence-electron chi connectivity index (χ2n) is 6.07. The van der Waals surface area contributed by atoms with Crippen LogP contribution in [0.25, 0.3) is 0 Å². The number of hydrogen-bond acceptors (Lipinski definition) is 6. The normalized spacial score (nSPS) is 13.7. The Labute approximate surface area is 146 Å². The minimum Gasteiger partial charge on any atom is -0.479 e. The van der Waals surface area contributed by atoms with Gasteiger partial charge in [0.05, 0.1) is 6.54 Å². The Bertz CT molecular complexity index is 481. The molecule has 0 radical (unpaired) electrons. The molecule has 0 aromatic carbocycles. The summed E-state index contributed by atoms with van der Waals surface area (Å²) < 4.78 is 0. The second kappa shape index (κ2) is 10.3. The number of carboxylic acid groups (broad SMARTS) is 1. The minimum atomic E-state index is -1.63. The number of carbonyl (C=O) groups is 4. The molecule has 0 bridgehead atoms. The predicted octanol–water partition coefficient (Wildman–Crippen LogP) is -0.252. The van der Waals surface area contributed by atoms with E-state index in [1.807, 2.05) is 6.92 Å². The Kier molecular flexibility index (Phi) is 9.60. The summed E-state index contributed by atoms with van der Waals surface area (Å²) in [6.07, 6.45) is -1.49. The number of aliphatic hydroxyl groups is 1. The van der Waals surface area contributed by atoms with E-state index < -0.39 is 35.3 Å². The number of carbonyl (C=O) groups excluding carboxylic acids is 3. The molecule has 0 rings (SSSR count). The second-order valence-corrected chi connectivity index (χ2v) is 6.44. The Hall–Kier alpha value is -1.61. The lowest BCUT2D eigenvalue weighted by molar-refractivity contribution is -0.147. The molecule has 9 heteroatoms. The van der Waals surface area contributed by atoms with Gasteiger partial charge in [-0.05, 0) is 12.8 Å². The molecule has 8 nitrogen and oxygen atoms in total. The fourth-order valence-corrected chi connectivity index (χ4v) is 1.84. The highest BCUT2D eigenvalue weighted by molar-refractivity contribution is 7.80. The molecule has 0 spiro atoms. The Morgan fingerprint density at radius 2 is 1.79 bits per heavy atom. The summed E-state index contributed by atoms with van der Waals surface area (Å²) in [5.74, 6) is -2.64. The van der Waals surface area contributed by atoms with Crippen LogP contribution in [0, 0.1) is 5.41 Å². The quantitative estimate of drug-likeness (QED) is 0.322. The third-order valence-electron chi connectivity index (χ3n) is 3.83. The summed E-state index contributed by atoms with van der Waals surface area (Å²) >= 11 is 3.99. The van der Waals surface area contributed by atoms with Gasteiger partial charge in [0.1, 0.15) is 6.04 Å². The lowest BCUT2D eigenvalue weighted by Gasteiger charge is -2.22. The summed E-state index contributed by atoms with van der Waals surface area (Å²) in [5.41, 5.74) is -0.542. The molecule has 0 fully saturated rings. The molecule has 0 aliphatic carbocycles. The van der Waals surface area contributed by atoms with Crippen LogP contribution >= 0.6 is 12.6 Å². The summed E-state index contributed by atoms with van der Waals surface area (Å²) in [6.45, 7) is 5.31. The molecule has 4 N–H and O–H groups in total. The van der Waals surface area contributed by atoms with Gasteiger partial charge in [0.25, 0.3) is 0 Å². The number of ketones is 1. The molecule has 138 valence electrons. The van der Waals surface area contributed by atoms with E-state index in [9.17, 15) is 19.2 Å². The third kappa shape index (κ3) is 7.78. The van der Waals surface area contributed by atoms with Crippen molar-refractivity contribution in [3.05, 3.63) is 0 Å². The maximum atomic E-state index is 12.0. The standard InChI is InChI=1S/C15H26N2O6S/c1-4-15(2,3)11(19)7-16-13(21)9(8-24)17-12(20)6-5-10(18)14(22)23/h9-10,18,24H,4-8H2,1-3H3,(H,16,21)(H,17,20)(H,22,23). The lowest BCUT2D eigenvalue weighted by atomic mass is 9.85. The monoisotopic (exact) mass is 362 g/mol. The number of carboxylic acids is 1. The van der Waals surface area contributed by atoms with Crippen LogP contribution in [0.1, 0.15) is 40.0 Å². The first-order valence-electron chi connectivity index (χ1n) is 7.67. The summed E-state index contributed by atoms with van der Waals surface area (Å²) in [4.78, 5) is 46.1. The molecule has 0 aromatic heterocycles. The molecule has 0 aliphatic rings. The molecule has 0 saturated heterocycles. The van der Waals surface area contributed by atoms with E-state index in [1.54, 1.807) is 13.8 Å². The van der Waals surface area contributed by atoms with Crippen LogP contribution < -0.4 is 10.6 Å². The largest absolute Gasteiger partial charge is 0.479 e. The zero-order valence-electron chi connectivity index (χ0n) is 14.2. The van der Waals surface area contributed by atoms with E-state index in [2.05, 4.69) is 23.3 Å². The highest BCUT2D eigenvalue weighted by Crippen LogP contribution is 2.20. The molecule has 0 heterocycles. The summed E-state index contributed by atoms with van der Waals surface area (Å²) in [6, 6.07) is -0.944. The highest BCUT2D eigenvalue weighted by Gasteiger charge is 2.27. The van der Waals surface area contributed by atoms with Gasteiger partial charge in [-0.3, -0.25) is 14.4 Å². The third-order valence-corrected chi connectivity index (χ3v) is 4.19. The first-order valence-corrected chi connectivity index (χ1v) is 8.30. The van der Waals surface area contributed by atoms with Crippen LogP contribution in [0.3, 0.4) is 0 Å². The summed E-state index contributed by atoms with van der Waals surface area (Å²) in [5, 5.41) is 22.5. The van der Waals surface area contributed by atoms with Crippen molar-refractivity contribution >= 4 is 36.2 Å². The van der Waals surface area contributed by atoms with Crippen LogP contribution in [-0.4, -0.2) is 58.2 Å². The first-order chi connectivity index (χ1) is 11.0. The van der Waals surface area contributed by atoms with E-state index in [1.165, 1.54) is 0 Å². The number of aliphatic hydroxyl groups excluding tert-OH is 1. The van der Waals surface area contributed by atoms with Gasteiger partial charge in [0, 0.05) is 17.6 Å². The number of Topliss-reactive ketones (excluding diaryl/α,β-unsaturated/α-hetero) is 1. The van der Waals surface area contributed by atoms with Crippen molar-refractivity contribution in [2.45, 2.75) is 52.2 Å². The number of hydrogen-bond donors (Lipinski definition) is 5. The zero-order chi connectivity index (χ0) is 18.9. The van der Waals surface area contributed by atoms with Crippen molar-refractivity contribution in [1.82, 2.24) is 10.6 Å². The fourth-order valence-electron chi connectivity index (χ4n) is 1.58. The van der Waals surface area contributed by atoms with Crippen molar-refractivity contribution < 1.29 is 29.4 Å². The maximum absolute atomic E-state index is 12.0. The Morgan fingerprint density at radius 1 is 1.21 bits per heavy atom. The van der Waals surface area contributed by atoms with Crippen molar-refractivity contribution in [3.8, 4) is 0 Å². The molecule has 0 aromatic rings. The highest BCUT2D eigenvalue weighted by atomic mass is 32.1. The van der Waals surface area contributed by atoms with Gasteiger partial charge < -0.3 is 20.8 Å². The molecule has 2 unspecified atom stereocenters. The van der Waals surface area contributed by atoms with Crippen molar-refractivity contribution in [3.63, 3.8) is 0 Å². The van der Waals surface area contributed by atoms with Crippen molar-refractivity contribution in [1.29, 1.82) is 0 Å². The number of amides is 2. The smallest absolute Gasteiger partial charge is 0.332 e. The molecule has 2 atom stereocenters. The average Bonchev–Trinajstić information content (AvgIpc) is 2.54. The summed E-state index contributed by atoms with van der Waals surface area (Å²) in [7, 11) is 0. The fraction of sp³-hybridized carbons (Fsp3) is 0.733. The zero-order valence-corrected chi connectivity index (χ0v) is 15.1. The van der Waals surface area contributed by atoms with E-state index in [4.69, 9.17) is 10.2 Å². The van der Waals surface area contributed by atoms with Crippen LogP contribution in [0.2, 0.25) is 0 Å². The van der Waals surface area contributed by atoms with Gasteiger partial charge in [-0.2, -0.15) is 12.6 Å². The number of thiol groups is 1. The number of nitrogens with one attached hydrogen (secondary N) is 2. The van der Waals surface area contributed by atoms with E-state index in [0.29, 0.717) is 6.42 Å². The molecule has 0 aliphatic heterocycles. The average molecular weight is 362 g/mol. The minimum absolute atomic E-state index is 0.0183. The van der Waals surface area contributed by atoms with Gasteiger partial charge in [0.15, 0.2) is 11.9 Å². The van der Waals surface area contributed by atoms with Gasteiger partial charge in [-0.15, -0.1) is 0 Å². The molecular weight excluding hydrogens is 336 g/mol. The molecule has 0 saturated carbocycles. The Morgan fingerprint density at radius 3 is 2.25 bits per heavy atom. The number of aliphatic carboxylic acids is 1. The van der Waals surface area contributed by atoms with Crippen LogP contribution in [-0.2, 0) is 19.2 Å². The van der Waals surface area contributed by atoms with Crippen LogP contribution in [0.4, 0.5) is 0 Å². The number of rotatable bonds is 11. The molecular formula is C15H26N2O6S. The van der Waals surface area contributed by atoms with Gasteiger partial charge >= 0.3 is 5.97 Å². The Balaban J connectivity index is 4.42.